The molecule has 0 aliphatic carbocycles. The summed E-state index contributed by atoms with van der Waals surface area (Å²) in [5.41, 5.74) is 0. The van der Waals surface area contributed by atoms with Gasteiger partial charge in [0, 0.05) is 13.1 Å². The minimum absolute atomic E-state index is 0.00121. The first-order valence-electron chi connectivity index (χ1n) is 4.75. The van der Waals surface area contributed by atoms with Crippen molar-refractivity contribution in [3.8, 4) is 0 Å². The minimum Gasteiger partial charge on any atom is -0.339 e. The number of amides is 1. The number of hydrogen-bond acceptors (Lipinski definition) is 1. The minimum atomic E-state index is -0.236. The molecule has 74 valence electrons. The average molecular weight is 185 g/mol. The summed E-state index contributed by atoms with van der Waals surface area (Å²) in [7, 11) is 0. The van der Waals surface area contributed by atoms with Crippen molar-refractivity contribution < 1.29 is 9.18 Å². The molecule has 1 saturated heterocycles. The number of piperidine rings is 1. The number of carbonyl (C=O) groups excluding carboxylic acids is 1. The molecule has 1 aliphatic heterocycles. The van der Waals surface area contributed by atoms with Gasteiger partial charge in [-0.3, -0.25) is 9.18 Å². The van der Waals surface area contributed by atoms with E-state index in [1.165, 1.54) is 6.08 Å². The first-order valence-corrected chi connectivity index (χ1v) is 4.75. The number of nitrogens with zero attached hydrogens (tertiary/aromatic N) is 1. The zero-order valence-electron chi connectivity index (χ0n) is 7.84. The van der Waals surface area contributed by atoms with Gasteiger partial charge < -0.3 is 4.90 Å². The van der Waals surface area contributed by atoms with Gasteiger partial charge in [-0.05, 0) is 31.3 Å². The molecule has 0 spiro atoms. The summed E-state index contributed by atoms with van der Waals surface area (Å²) >= 11 is 0. The Hall–Kier alpha value is -0.860. The summed E-state index contributed by atoms with van der Waals surface area (Å²) in [5, 5.41) is 0. The lowest BCUT2D eigenvalue weighted by Gasteiger charge is -2.30. The highest BCUT2D eigenvalue weighted by molar-refractivity contribution is 5.87. The molecule has 0 saturated carbocycles. The summed E-state index contributed by atoms with van der Waals surface area (Å²) in [6, 6.07) is 0. The third-order valence-corrected chi connectivity index (χ3v) is 2.62. The first-order chi connectivity index (χ1) is 6.27. The molecule has 0 unspecified atom stereocenters. The molecule has 0 aromatic heterocycles. The van der Waals surface area contributed by atoms with Crippen LogP contribution in [0.5, 0.6) is 0 Å². The van der Waals surface area contributed by atoms with Gasteiger partial charge >= 0.3 is 0 Å². The maximum atomic E-state index is 12.0. The molecule has 2 nitrogen and oxygen atoms in total. The number of hydrogen-bond donors (Lipinski definition) is 0. The lowest BCUT2D eigenvalue weighted by molar-refractivity contribution is -0.127. The number of rotatable bonds is 3. The molecule has 0 radical (unpaired) electrons. The van der Waals surface area contributed by atoms with Crippen LogP contribution in [0.4, 0.5) is 4.39 Å². The third-order valence-electron chi connectivity index (χ3n) is 2.62. The predicted octanol–water partition coefficient (Wildman–Crippen LogP) is 1.77. The third kappa shape index (κ3) is 2.83. The Labute approximate surface area is 78.4 Å². The molecule has 0 N–H and O–H groups in total. The Kier molecular flexibility index (Phi) is 3.93. The standard InChI is InChI=1S/C10H16FNO/c1-2-10(13)12-7-4-9(3-6-11)5-8-12/h2,9H,1,3-8H2. The molecule has 1 aliphatic rings. The van der Waals surface area contributed by atoms with E-state index in [4.69, 9.17) is 0 Å². The SMILES string of the molecule is C=CC(=O)N1CCC(CCF)CC1. The molecule has 1 amide bonds. The quantitative estimate of drug-likeness (QED) is 0.614. The van der Waals surface area contributed by atoms with E-state index in [1.807, 2.05) is 0 Å². The van der Waals surface area contributed by atoms with Crippen LogP contribution in [-0.4, -0.2) is 30.6 Å². The van der Waals surface area contributed by atoms with Gasteiger partial charge in [0.1, 0.15) is 0 Å². The predicted molar refractivity (Wildman–Crippen MR) is 50.1 cm³/mol. The maximum Gasteiger partial charge on any atom is 0.245 e. The second-order valence-electron chi connectivity index (χ2n) is 3.45. The van der Waals surface area contributed by atoms with Crippen LogP contribution in [0.15, 0.2) is 12.7 Å². The fourth-order valence-electron chi connectivity index (χ4n) is 1.73. The van der Waals surface area contributed by atoms with Gasteiger partial charge in [-0.15, -0.1) is 0 Å². The van der Waals surface area contributed by atoms with Crippen LogP contribution >= 0.6 is 0 Å². The fourth-order valence-corrected chi connectivity index (χ4v) is 1.73. The topological polar surface area (TPSA) is 20.3 Å². The van der Waals surface area contributed by atoms with E-state index in [-0.39, 0.29) is 12.6 Å². The first kappa shape index (κ1) is 10.2. The van der Waals surface area contributed by atoms with Crippen LogP contribution in [-0.2, 0) is 4.79 Å². The van der Waals surface area contributed by atoms with Crippen LogP contribution in [0.1, 0.15) is 19.3 Å². The van der Waals surface area contributed by atoms with Gasteiger partial charge in [0.2, 0.25) is 5.91 Å². The van der Waals surface area contributed by atoms with Crippen molar-refractivity contribution in [3.63, 3.8) is 0 Å². The molecular formula is C10H16FNO. The monoisotopic (exact) mass is 185 g/mol. The summed E-state index contributed by atoms with van der Waals surface area (Å²) in [5.74, 6) is 0.470. The largest absolute Gasteiger partial charge is 0.339 e. The van der Waals surface area contributed by atoms with Gasteiger partial charge in [0.15, 0.2) is 0 Å². The van der Waals surface area contributed by atoms with Crippen molar-refractivity contribution >= 4 is 5.91 Å². The van der Waals surface area contributed by atoms with Crippen LogP contribution < -0.4 is 0 Å². The fraction of sp³-hybridized carbons (Fsp3) is 0.700. The lowest BCUT2D eigenvalue weighted by atomic mass is 9.94. The molecule has 1 rings (SSSR count). The van der Waals surface area contributed by atoms with Crippen LogP contribution in [0.25, 0.3) is 0 Å². The van der Waals surface area contributed by atoms with E-state index in [0.717, 1.165) is 25.9 Å². The van der Waals surface area contributed by atoms with Crippen molar-refractivity contribution in [2.24, 2.45) is 5.92 Å². The van der Waals surface area contributed by atoms with Crippen LogP contribution in [0, 0.1) is 5.92 Å². The van der Waals surface area contributed by atoms with Gasteiger partial charge in [0.05, 0.1) is 6.67 Å². The molecule has 13 heavy (non-hydrogen) atoms. The Morgan fingerprint density at radius 3 is 2.62 bits per heavy atom. The van der Waals surface area contributed by atoms with Crippen molar-refractivity contribution in [2.45, 2.75) is 19.3 Å². The smallest absolute Gasteiger partial charge is 0.245 e. The van der Waals surface area contributed by atoms with Gasteiger partial charge in [-0.1, -0.05) is 6.58 Å². The van der Waals surface area contributed by atoms with Crippen LogP contribution in [0.2, 0.25) is 0 Å². The van der Waals surface area contributed by atoms with Gasteiger partial charge in [0.25, 0.3) is 0 Å². The number of likely N-dealkylation sites (tertiary alicyclic amines) is 1. The Morgan fingerprint density at radius 2 is 2.15 bits per heavy atom. The van der Waals surface area contributed by atoms with Crippen molar-refractivity contribution in [1.29, 1.82) is 0 Å². The Bertz CT molecular complexity index is 185. The van der Waals surface area contributed by atoms with Crippen molar-refractivity contribution in [3.05, 3.63) is 12.7 Å². The molecule has 0 atom stereocenters. The molecule has 0 aromatic carbocycles. The van der Waals surface area contributed by atoms with E-state index in [0.29, 0.717) is 12.3 Å². The zero-order chi connectivity index (χ0) is 9.68. The molecule has 3 heteroatoms. The van der Waals surface area contributed by atoms with Gasteiger partial charge in [-0.2, -0.15) is 0 Å². The normalized spacial score (nSPS) is 18.7. The molecule has 0 aromatic rings. The zero-order valence-corrected chi connectivity index (χ0v) is 7.84. The van der Waals surface area contributed by atoms with Gasteiger partial charge in [-0.25, -0.2) is 0 Å². The highest BCUT2D eigenvalue weighted by atomic mass is 19.1. The molecule has 1 fully saturated rings. The van der Waals surface area contributed by atoms with Crippen molar-refractivity contribution in [2.75, 3.05) is 19.8 Å². The second kappa shape index (κ2) is 5.00. The summed E-state index contributed by atoms with van der Waals surface area (Å²) in [6.45, 7) is 4.72. The maximum absolute atomic E-state index is 12.0. The summed E-state index contributed by atoms with van der Waals surface area (Å²) in [4.78, 5) is 12.9. The van der Waals surface area contributed by atoms with E-state index < -0.39 is 0 Å². The number of halogens is 1. The Balaban J connectivity index is 2.30. The molecule has 1 heterocycles. The summed E-state index contributed by atoms with van der Waals surface area (Å²) < 4.78 is 12.0. The number of alkyl halides is 1. The van der Waals surface area contributed by atoms with E-state index in [2.05, 4.69) is 6.58 Å². The van der Waals surface area contributed by atoms with Crippen LogP contribution in [0.3, 0.4) is 0 Å². The molecular weight excluding hydrogens is 169 g/mol. The number of carbonyl (C=O) groups is 1. The van der Waals surface area contributed by atoms with E-state index >= 15 is 0 Å². The highest BCUT2D eigenvalue weighted by Crippen LogP contribution is 2.20. The van der Waals surface area contributed by atoms with Crippen molar-refractivity contribution in [1.82, 2.24) is 4.90 Å². The van der Waals surface area contributed by atoms with E-state index in [1.54, 1.807) is 4.90 Å². The molecule has 0 bridgehead atoms. The summed E-state index contributed by atoms with van der Waals surface area (Å²) in [6.07, 6.45) is 3.86. The Morgan fingerprint density at radius 1 is 1.54 bits per heavy atom. The lowest BCUT2D eigenvalue weighted by Crippen LogP contribution is -2.37. The highest BCUT2D eigenvalue weighted by Gasteiger charge is 2.20. The average Bonchev–Trinajstić information content (AvgIpc) is 2.18. The second-order valence-corrected chi connectivity index (χ2v) is 3.45. The van der Waals surface area contributed by atoms with E-state index in [9.17, 15) is 9.18 Å².